The lowest BCUT2D eigenvalue weighted by atomic mass is 10.1. The molecule has 0 atom stereocenters. The largest absolute Gasteiger partial charge is 0.497 e. The molecule has 4 heteroatoms. The highest BCUT2D eigenvalue weighted by atomic mass is 16.5. The number of hydrogen-bond acceptors (Lipinski definition) is 3. The molecule has 1 aromatic carbocycles. The maximum atomic E-state index is 8.85. The smallest absolute Gasteiger partial charge is 0.146 e. The Morgan fingerprint density at radius 2 is 2.06 bits per heavy atom. The summed E-state index contributed by atoms with van der Waals surface area (Å²) in [5, 5.41) is 9.83. The Balaban J connectivity index is 2.76. The third-order valence-electron chi connectivity index (χ3n) is 2.88. The zero-order chi connectivity index (χ0) is 12.4. The van der Waals surface area contributed by atoms with Gasteiger partial charge in [-0.25, -0.2) is 0 Å². The van der Waals surface area contributed by atoms with Crippen LogP contribution >= 0.6 is 0 Å². The zero-order valence-electron chi connectivity index (χ0n) is 10.1. The van der Waals surface area contributed by atoms with Gasteiger partial charge < -0.3 is 14.5 Å². The summed E-state index contributed by atoms with van der Waals surface area (Å²) in [6, 6.07) is 5.93. The van der Waals surface area contributed by atoms with Crippen LogP contribution in [-0.4, -0.2) is 19.2 Å². The van der Waals surface area contributed by atoms with E-state index in [1.165, 1.54) is 0 Å². The fraction of sp³-hybridized carbons (Fsp3) is 0.308. The Bertz CT molecular complexity index is 593. The number of aryl methyl sites for hydroxylation is 1. The molecule has 0 bridgehead atoms. The van der Waals surface area contributed by atoms with E-state index in [2.05, 4.69) is 11.1 Å². The molecule has 1 N–H and O–H groups in total. The van der Waals surface area contributed by atoms with Crippen molar-refractivity contribution in [2.75, 3.05) is 14.2 Å². The molecule has 1 heterocycles. The van der Waals surface area contributed by atoms with Gasteiger partial charge in [-0.3, -0.25) is 0 Å². The van der Waals surface area contributed by atoms with Crippen LogP contribution in [0.5, 0.6) is 11.5 Å². The van der Waals surface area contributed by atoms with E-state index in [0.29, 0.717) is 6.42 Å². The van der Waals surface area contributed by atoms with Gasteiger partial charge in [-0.2, -0.15) is 5.26 Å². The second-order valence-electron chi connectivity index (χ2n) is 3.82. The summed E-state index contributed by atoms with van der Waals surface area (Å²) in [6.45, 7) is 1.96. The van der Waals surface area contributed by atoms with Crippen LogP contribution in [0.2, 0.25) is 0 Å². The summed E-state index contributed by atoms with van der Waals surface area (Å²) < 4.78 is 10.6. The number of benzene rings is 1. The van der Waals surface area contributed by atoms with Gasteiger partial charge in [0.05, 0.1) is 32.2 Å². The van der Waals surface area contributed by atoms with Crippen LogP contribution in [0.15, 0.2) is 12.1 Å². The van der Waals surface area contributed by atoms with Crippen molar-refractivity contribution in [2.45, 2.75) is 13.3 Å². The topological polar surface area (TPSA) is 58.0 Å². The standard InChI is InChI=1S/C13H14N2O2/c1-8-10(4-5-14)11-6-9(16-2)7-12(17-3)13(11)15-8/h6-7,15H,4H2,1-3H3. The first kappa shape index (κ1) is 11.3. The van der Waals surface area contributed by atoms with Gasteiger partial charge in [0.25, 0.3) is 0 Å². The van der Waals surface area contributed by atoms with Gasteiger partial charge in [-0.15, -0.1) is 0 Å². The van der Waals surface area contributed by atoms with E-state index < -0.39 is 0 Å². The number of aromatic nitrogens is 1. The lowest BCUT2D eigenvalue weighted by Gasteiger charge is -2.05. The summed E-state index contributed by atoms with van der Waals surface area (Å²) in [5.41, 5.74) is 2.91. The van der Waals surface area contributed by atoms with Crippen molar-refractivity contribution in [1.29, 1.82) is 5.26 Å². The number of methoxy groups -OCH3 is 2. The van der Waals surface area contributed by atoms with E-state index in [0.717, 1.165) is 33.7 Å². The van der Waals surface area contributed by atoms with E-state index in [9.17, 15) is 0 Å². The third kappa shape index (κ3) is 1.80. The highest BCUT2D eigenvalue weighted by molar-refractivity contribution is 5.91. The molecule has 0 unspecified atom stereocenters. The Morgan fingerprint density at radius 1 is 1.29 bits per heavy atom. The monoisotopic (exact) mass is 230 g/mol. The van der Waals surface area contributed by atoms with E-state index in [1.54, 1.807) is 14.2 Å². The molecule has 0 fully saturated rings. The fourth-order valence-electron chi connectivity index (χ4n) is 2.01. The maximum absolute atomic E-state index is 8.85. The highest BCUT2D eigenvalue weighted by Gasteiger charge is 2.13. The number of ether oxygens (including phenoxy) is 2. The summed E-state index contributed by atoms with van der Waals surface area (Å²) in [4.78, 5) is 3.25. The third-order valence-corrected chi connectivity index (χ3v) is 2.88. The second-order valence-corrected chi connectivity index (χ2v) is 3.82. The number of aromatic amines is 1. The van der Waals surface area contributed by atoms with Crippen molar-refractivity contribution in [3.63, 3.8) is 0 Å². The number of nitriles is 1. The lowest BCUT2D eigenvalue weighted by molar-refractivity contribution is 0.397. The Hall–Kier alpha value is -2.15. The molecule has 2 rings (SSSR count). The predicted molar refractivity (Wildman–Crippen MR) is 65.5 cm³/mol. The zero-order valence-corrected chi connectivity index (χ0v) is 10.1. The SMILES string of the molecule is COc1cc(OC)c2[nH]c(C)c(CC#N)c2c1. The van der Waals surface area contributed by atoms with Crippen molar-refractivity contribution in [3.8, 4) is 17.6 Å². The van der Waals surface area contributed by atoms with Gasteiger partial charge in [0.15, 0.2) is 0 Å². The number of fused-ring (bicyclic) bond motifs is 1. The first-order valence-corrected chi connectivity index (χ1v) is 5.31. The van der Waals surface area contributed by atoms with Crippen molar-refractivity contribution in [1.82, 2.24) is 4.98 Å². The fourth-order valence-corrected chi connectivity index (χ4v) is 2.01. The summed E-state index contributed by atoms with van der Waals surface area (Å²) in [5.74, 6) is 1.46. The van der Waals surface area contributed by atoms with Gasteiger partial charge in [-0.05, 0) is 18.6 Å². The van der Waals surface area contributed by atoms with Crippen LogP contribution in [0.4, 0.5) is 0 Å². The van der Waals surface area contributed by atoms with E-state index >= 15 is 0 Å². The van der Waals surface area contributed by atoms with Gasteiger partial charge in [0.2, 0.25) is 0 Å². The Kier molecular flexibility index (Phi) is 2.92. The Labute approximate surface area is 99.8 Å². The average Bonchev–Trinajstić information content (AvgIpc) is 2.65. The minimum atomic E-state index is 0.377. The van der Waals surface area contributed by atoms with Crippen molar-refractivity contribution in [3.05, 3.63) is 23.4 Å². The van der Waals surface area contributed by atoms with Crippen LogP contribution in [0.3, 0.4) is 0 Å². The first-order valence-electron chi connectivity index (χ1n) is 5.31. The Morgan fingerprint density at radius 3 is 2.65 bits per heavy atom. The van der Waals surface area contributed by atoms with Crippen molar-refractivity contribution >= 4 is 10.9 Å². The van der Waals surface area contributed by atoms with Crippen LogP contribution < -0.4 is 9.47 Å². The molecule has 4 nitrogen and oxygen atoms in total. The van der Waals surface area contributed by atoms with Crippen LogP contribution in [0.1, 0.15) is 11.3 Å². The molecule has 0 radical (unpaired) electrons. The number of rotatable bonds is 3. The van der Waals surface area contributed by atoms with E-state index in [4.69, 9.17) is 14.7 Å². The molecule has 0 aliphatic rings. The number of nitrogens with zero attached hydrogens (tertiary/aromatic N) is 1. The van der Waals surface area contributed by atoms with Crippen LogP contribution in [-0.2, 0) is 6.42 Å². The minimum Gasteiger partial charge on any atom is -0.497 e. The second kappa shape index (κ2) is 4.38. The number of nitrogens with one attached hydrogen (secondary N) is 1. The van der Waals surface area contributed by atoms with Crippen molar-refractivity contribution < 1.29 is 9.47 Å². The molecule has 0 amide bonds. The van der Waals surface area contributed by atoms with E-state index in [-0.39, 0.29) is 0 Å². The van der Waals surface area contributed by atoms with Crippen LogP contribution in [0.25, 0.3) is 10.9 Å². The lowest BCUT2D eigenvalue weighted by Crippen LogP contribution is -1.88. The molecule has 88 valence electrons. The summed E-state index contributed by atoms with van der Waals surface area (Å²) in [7, 11) is 3.23. The van der Waals surface area contributed by atoms with Gasteiger partial charge in [0.1, 0.15) is 11.5 Å². The highest BCUT2D eigenvalue weighted by Crippen LogP contribution is 2.34. The molecule has 0 aliphatic heterocycles. The predicted octanol–water partition coefficient (Wildman–Crippen LogP) is 2.56. The van der Waals surface area contributed by atoms with Gasteiger partial charge in [-0.1, -0.05) is 0 Å². The maximum Gasteiger partial charge on any atom is 0.146 e. The average molecular weight is 230 g/mol. The molecular formula is C13H14N2O2. The number of hydrogen-bond donors (Lipinski definition) is 1. The number of H-pyrrole nitrogens is 1. The normalized spacial score (nSPS) is 10.2. The minimum absolute atomic E-state index is 0.377. The quantitative estimate of drug-likeness (QED) is 0.881. The summed E-state index contributed by atoms with van der Waals surface area (Å²) >= 11 is 0. The molecule has 0 saturated heterocycles. The molecule has 0 spiro atoms. The first-order chi connectivity index (χ1) is 8.21. The van der Waals surface area contributed by atoms with E-state index in [1.807, 2.05) is 19.1 Å². The van der Waals surface area contributed by atoms with Gasteiger partial charge >= 0.3 is 0 Å². The molecule has 0 saturated carbocycles. The molecule has 1 aromatic heterocycles. The molecule has 0 aliphatic carbocycles. The molecule has 17 heavy (non-hydrogen) atoms. The summed E-state index contributed by atoms with van der Waals surface area (Å²) in [6.07, 6.45) is 0.377. The molecule has 2 aromatic rings. The van der Waals surface area contributed by atoms with Gasteiger partial charge in [0, 0.05) is 17.1 Å². The van der Waals surface area contributed by atoms with Crippen molar-refractivity contribution in [2.24, 2.45) is 0 Å². The van der Waals surface area contributed by atoms with Crippen LogP contribution in [0, 0.1) is 18.3 Å². The molecular weight excluding hydrogens is 216 g/mol.